The quantitative estimate of drug-likeness (QED) is 0.284. The van der Waals surface area contributed by atoms with Gasteiger partial charge in [-0.3, -0.25) is 0 Å². The molecule has 3 aromatic carbocycles. The predicted octanol–water partition coefficient (Wildman–Crippen LogP) is 8.74. The summed E-state index contributed by atoms with van der Waals surface area (Å²) in [6.45, 7) is 7.88. The van der Waals surface area contributed by atoms with Gasteiger partial charge >= 0.3 is 0 Å². The first-order valence-electron chi connectivity index (χ1n) is 7.99. The molecule has 0 saturated carbocycles. The molecule has 3 aromatic rings. The van der Waals surface area contributed by atoms with E-state index in [9.17, 15) is 0 Å². The van der Waals surface area contributed by atoms with Crippen LogP contribution >= 0.6 is 0 Å². The average Bonchev–Trinajstić information content (AvgIpc) is 2.65. The van der Waals surface area contributed by atoms with E-state index in [-0.39, 0.29) is 95.1 Å². The molecule has 3 rings (SSSR count). The summed E-state index contributed by atoms with van der Waals surface area (Å²) in [4.78, 5) is 0. The maximum absolute atomic E-state index is 3.63. The number of hydrogen-bond acceptors (Lipinski definition) is 0. The third-order valence-corrected chi connectivity index (χ3v) is 3.23. The van der Waals surface area contributed by atoms with Gasteiger partial charge in [0, 0.05) is 65.4 Å². The molecule has 2 heteroatoms. The van der Waals surface area contributed by atoms with Gasteiger partial charge in [-0.05, 0) is 24.5 Å². The second kappa shape index (κ2) is 29.8. The van der Waals surface area contributed by atoms with E-state index in [1.165, 1.54) is 16.7 Å². The van der Waals surface area contributed by atoms with E-state index in [2.05, 4.69) is 56.8 Å². The molecule has 0 N–H and O–H groups in total. The molecule has 0 aliphatic carbocycles. The van der Waals surface area contributed by atoms with Crippen LogP contribution in [0, 0.1) is 21.8 Å². The fourth-order valence-corrected chi connectivity index (χ4v) is 1.84. The van der Waals surface area contributed by atoms with Crippen LogP contribution < -0.4 is 0 Å². The normalized spacial score (nSPS) is 6.97. The van der Waals surface area contributed by atoms with E-state index in [1.807, 2.05) is 60.7 Å². The zero-order valence-corrected chi connectivity index (χ0v) is 23.0. The van der Waals surface area contributed by atoms with Crippen LogP contribution in [0.3, 0.4) is 0 Å². The molecule has 0 aliphatic heterocycles. The fraction of sp³-hybridized carbons (Fsp3) is 0.185. The van der Waals surface area contributed by atoms with Crippen LogP contribution in [0.2, 0.25) is 0 Å². The van der Waals surface area contributed by atoms with Crippen LogP contribution in [0.25, 0.3) is 6.08 Å². The molecule has 0 aromatic heterocycles. The zero-order valence-electron chi connectivity index (χ0n) is 17.3. The van der Waals surface area contributed by atoms with Gasteiger partial charge in [0.25, 0.3) is 0 Å². The molecule has 0 aliphatic rings. The van der Waals surface area contributed by atoms with Crippen molar-refractivity contribution in [1.29, 1.82) is 0 Å². The third kappa shape index (κ3) is 23.8. The van der Waals surface area contributed by atoms with Crippen LogP contribution in [0.4, 0.5) is 0 Å². The van der Waals surface area contributed by atoms with Gasteiger partial charge in [-0.15, -0.1) is 0 Å². The van der Waals surface area contributed by atoms with E-state index in [0.29, 0.717) is 0 Å². The molecule has 29 heavy (non-hydrogen) atoms. The van der Waals surface area contributed by atoms with Gasteiger partial charge in [0.05, 0.1) is 0 Å². The SMILES string of the molecule is C.C.C=Cc1ccccc1.CCc1ccccc1.Cc1ccccc1.[CH3-].[CH3-].[Y].[Y]. The van der Waals surface area contributed by atoms with Crippen LogP contribution in [0.5, 0.6) is 0 Å². The Morgan fingerprint density at radius 1 is 0.655 bits per heavy atom. The van der Waals surface area contributed by atoms with Crippen LogP contribution in [0.15, 0.2) is 97.6 Å². The first-order chi connectivity index (χ1) is 11.3. The van der Waals surface area contributed by atoms with Gasteiger partial charge in [-0.25, -0.2) is 0 Å². The van der Waals surface area contributed by atoms with Crippen LogP contribution in [-0.2, 0) is 71.8 Å². The van der Waals surface area contributed by atoms with Crippen molar-refractivity contribution in [2.75, 3.05) is 0 Å². The third-order valence-electron chi connectivity index (χ3n) is 3.23. The largest absolute Gasteiger partial charge is 0.358 e. The summed E-state index contributed by atoms with van der Waals surface area (Å²) in [5.41, 5.74) is 3.91. The van der Waals surface area contributed by atoms with Crippen molar-refractivity contribution >= 4 is 6.08 Å². The standard InChI is InChI=1S/C8H10.C8H8.C7H8.2CH4.2CH3.2Y/c2*1-2-8-6-4-3-5-7-8;1-7-5-3-2-4-6-7;;;;;;/h3-7H,2H2,1H3;2-7H,1H2;2-6H,1H3;2*1H4;2*1H3;;/q;;;;;2*-1;;. The summed E-state index contributed by atoms with van der Waals surface area (Å²) >= 11 is 0. The van der Waals surface area contributed by atoms with Crippen molar-refractivity contribution in [3.63, 3.8) is 0 Å². The Kier molecular flexibility index (Phi) is 43.8. The summed E-state index contributed by atoms with van der Waals surface area (Å²) in [5, 5.41) is 0. The minimum atomic E-state index is 0. The zero-order chi connectivity index (χ0) is 16.8. The minimum Gasteiger partial charge on any atom is -0.358 e. The van der Waals surface area contributed by atoms with E-state index in [0.717, 1.165) is 6.42 Å². The molecule has 2 radical (unpaired) electrons. The number of hydrogen-bond donors (Lipinski definition) is 0. The fourth-order valence-electron chi connectivity index (χ4n) is 1.84. The molecular weight excluding hydrogens is 502 g/mol. The molecule has 0 spiro atoms. The summed E-state index contributed by atoms with van der Waals surface area (Å²) in [7, 11) is 0. The molecule has 0 atom stereocenters. The molecule has 0 unspecified atom stereocenters. The van der Waals surface area contributed by atoms with Crippen LogP contribution in [0.1, 0.15) is 38.5 Å². The van der Waals surface area contributed by atoms with Gasteiger partial charge in [0.15, 0.2) is 0 Å². The second-order valence-corrected chi connectivity index (χ2v) is 5.11. The summed E-state index contributed by atoms with van der Waals surface area (Å²) in [6, 6.07) is 30.7. The van der Waals surface area contributed by atoms with Crippen molar-refractivity contribution in [2.45, 2.75) is 35.1 Å². The number of benzene rings is 3. The van der Waals surface area contributed by atoms with E-state index >= 15 is 0 Å². The van der Waals surface area contributed by atoms with Gasteiger partial charge in [-0.1, -0.05) is 131 Å². The maximum atomic E-state index is 3.63. The summed E-state index contributed by atoms with van der Waals surface area (Å²) in [6.07, 6.45) is 2.97. The van der Waals surface area contributed by atoms with Gasteiger partial charge in [-0.2, -0.15) is 0 Å². The Labute approximate surface area is 233 Å². The summed E-state index contributed by atoms with van der Waals surface area (Å²) in [5.74, 6) is 0. The van der Waals surface area contributed by atoms with Gasteiger partial charge < -0.3 is 14.9 Å². The monoisotopic (exact) mass is 542 g/mol. The summed E-state index contributed by atoms with van der Waals surface area (Å²) < 4.78 is 0. The first-order valence-corrected chi connectivity index (χ1v) is 7.99. The molecule has 0 saturated heterocycles. The van der Waals surface area contributed by atoms with Crippen molar-refractivity contribution in [3.05, 3.63) is 129 Å². The van der Waals surface area contributed by atoms with E-state index in [1.54, 1.807) is 0 Å². The van der Waals surface area contributed by atoms with E-state index in [4.69, 9.17) is 0 Å². The first kappa shape index (κ1) is 42.7. The maximum Gasteiger partial charge on any atom is 0 e. The van der Waals surface area contributed by atoms with Crippen molar-refractivity contribution in [3.8, 4) is 0 Å². The predicted molar refractivity (Wildman–Crippen MR) is 130 cm³/mol. The Morgan fingerprint density at radius 3 is 1.21 bits per heavy atom. The second-order valence-electron chi connectivity index (χ2n) is 5.11. The number of rotatable bonds is 2. The van der Waals surface area contributed by atoms with Gasteiger partial charge in [0.2, 0.25) is 0 Å². The molecule has 0 bridgehead atoms. The molecule has 0 fully saturated rings. The molecule has 0 nitrogen and oxygen atoms in total. The molecule has 156 valence electrons. The Morgan fingerprint density at radius 2 is 1.00 bits per heavy atom. The Balaban J connectivity index is -0.0000000621. The molecular formula is C27H40Y2-2. The van der Waals surface area contributed by atoms with Crippen LogP contribution in [-0.4, -0.2) is 0 Å². The van der Waals surface area contributed by atoms with Gasteiger partial charge in [0.1, 0.15) is 0 Å². The molecule has 0 heterocycles. The topological polar surface area (TPSA) is 0 Å². The molecule has 0 amide bonds. The smallest absolute Gasteiger partial charge is 0 e. The Bertz CT molecular complexity index is 635. The average molecular weight is 542 g/mol. The number of aryl methyl sites for hydroxylation is 2. The van der Waals surface area contributed by atoms with Crippen molar-refractivity contribution < 1.29 is 65.4 Å². The van der Waals surface area contributed by atoms with Crippen molar-refractivity contribution in [2.24, 2.45) is 0 Å². The van der Waals surface area contributed by atoms with E-state index < -0.39 is 0 Å². The Hall–Kier alpha value is -0.392. The minimum absolute atomic E-state index is 0. The van der Waals surface area contributed by atoms with Crippen molar-refractivity contribution in [1.82, 2.24) is 0 Å².